The summed E-state index contributed by atoms with van der Waals surface area (Å²) in [5.74, 6) is 0.0417. The largest absolute Gasteiger partial charge is 0.409 e. The van der Waals surface area contributed by atoms with Gasteiger partial charge in [0.2, 0.25) is 0 Å². The number of nitrogens with zero attached hydrogens (tertiary/aromatic N) is 1. The molecule has 0 aliphatic rings. The molecular formula is C13H9BrCl2N2OS. The Kier molecular flexibility index (Phi) is 5.21. The number of halogens is 3. The van der Waals surface area contributed by atoms with E-state index in [0.717, 1.165) is 14.3 Å². The summed E-state index contributed by atoms with van der Waals surface area (Å²) in [6.07, 6.45) is 0. The zero-order valence-corrected chi connectivity index (χ0v) is 13.9. The smallest absolute Gasteiger partial charge is 0.172 e. The van der Waals surface area contributed by atoms with Crippen molar-refractivity contribution >= 4 is 56.7 Å². The minimum atomic E-state index is 0.0417. The first-order valence-corrected chi connectivity index (χ1v) is 7.78. The van der Waals surface area contributed by atoms with Crippen molar-refractivity contribution in [3.8, 4) is 0 Å². The van der Waals surface area contributed by atoms with Crippen LogP contribution in [0.3, 0.4) is 0 Å². The van der Waals surface area contributed by atoms with Crippen LogP contribution in [0.15, 0.2) is 55.8 Å². The highest BCUT2D eigenvalue weighted by Crippen LogP contribution is 2.36. The molecule has 20 heavy (non-hydrogen) atoms. The van der Waals surface area contributed by atoms with Crippen molar-refractivity contribution in [2.24, 2.45) is 10.9 Å². The zero-order valence-electron chi connectivity index (χ0n) is 9.98. The molecular weight excluding hydrogens is 383 g/mol. The Hall–Kier alpha value is -0.880. The molecule has 2 rings (SSSR count). The maximum absolute atomic E-state index is 8.88. The van der Waals surface area contributed by atoms with Crippen molar-refractivity contribution in [1.29, 1.82) is 0 Å². The number of rotatable bonds is 3. The van der Waals surface area contributed by atoms with Crippen LogP contribution < -0.4 is 5.73 Å². The van der Waals surface area contributed by atoms with Gasteiger partial charge in [0.25, 0.3) is 0 Å². The fraction of sp³-hybridized carbons (Fsp3) is 0. The third kappa shape index (κ3) is 3.41. The maximum atomic E-state index is 8.88. The average Bonchev–Trinajstić information content (AvgIpc) is 2.42. The molecule has 0 saturated heterocycles. The Morgan fingerprint density at radius 3 is 2.60 bits per heavy atom. The zero-order chi connectivity index (χ0) is 14.7. The molecule has 0 aliphatic carbocycles. The molecule has 2 aromatic carbocycles. The van der Waals surface area contributed by atoms with Crippen LogP contribution in [0, 0.1) is 0 Å². The molecule has 0 saturated carbocycles. The van der Waals surface area contributed by atoms with Gasteiger partial charge in [-0.15, -0.1) is 0 Å². The van der Waals surface area contributed by atoms with Gasteiger partial charge in [0.15, 0.2) is 5.84 Å². The number of oxime groups is 1. The van der Waals surface area contributed by atoms with Crippen LogP contribution in [0.2, 0.25) is 10.0 Å². The summed E-state index contributed by atoms with van der Waals surface area (Å²) in [6.45, 7) is 0. The van der Waals surface area contributed by atoms with Gasteiger partial charge < -0.3 is 10.9 Å². The van der Waals surface area contributed by atoms with Gasteiger partial charge in [0, 0.05) is 19.8 Å². The third-order valence-electron chi connectivity index (χ3n) is 2.46. The highest BCUT2D eigenvalue weighted by Gasteiger charge is 2.13. The van der Waals surface area contributed by atoms with Crippen molar-refractivity contribution in [1.82, 2.24) is 0 Å². The quantitative estimate of drug-likeness (QED) is 0.335. The van der Waals surface area contributed by atoms with Crippen molar-refractivity contribution in [2.45, 2.75) is 9.79 Å². The first-order chi connectivity index (χ1) is 9.52. The maximum Gasteiger partial charge on any atom is 0.172 e. The van der Waals surface area contributed by atoms with E-state index in [1.54, 1.807) is 12.1 Å². The lowest BCUT2D eigenvalue weighted by molar-refractivity contribution is 0.318. The van der Waals surface area contributed by atoms with Crippen molar-refractivity contribution < 1.29 is 5.21 Å². The number of hydrogen-bond acceptors (Lipinski definition) is 3. The minimum Gasteiger partial charge on any atom is -0.409 e. The van der Waals surface area contributed by atoms with Gasteiger partial charge >= 0.3 is 0 Å². The fourth-order valence-corrected chi connectivity index (χ4v) is 3.65. The van der Waals surface area contributed by atoms with Crippen LogP contribution in [0.25, 0.3) is 0 Å². The first kappa shape index (κ1) is 15.5. The second-order valence-electron chi connectivity index (χ2n) is 3.78. The lowest BCUT2D eigenvalue weighted by Crippen LogP contribution is -2.15. The van der Waals surface area contributed by atoms with E-state index in [4.69, 9.17) is 34.1 Å². The Balaban J connectivity index is 2.43. The average molecular weight is 392 g/mol. The van der Waals surface area contributed by atoms with Crippen LogP contribution in [-0.2, 0) is 0 Å². The summed E-state index contributed by atoms with van der Waals surface area (Å²) in [4.78, 5) is 1.75. The van der Waals surface area contributed by atoms with Crippen molar-refractivity contribution in [2.75, 3.05) is 0 Å². The second-order valence-corrected chi connectivity index (χ2v) is 6.56. The molecule has 104 valence electrons. The molecule has 0 heterocycles. The monoisotopic (exact) mass is 390 g/mol. The van der Waals surface area contributed by atoms with E-state index in [9.17, 15) is 0 Å². The predicted molar refractivity (Wildman–Crippen MR) is 87.2 cm³/mol. The summed E-state index contributed by atoms with van der Waals surface area (Å²) in [6, 6.07) is 10.9. The summed E-state index contributed by atoms with van der Waals surface area (Å²) in [7, 11) is 0. The SMILES string of the molecule is N/C(=N/O)c1c(Br)cccc1Sc1ccc(Cl)c(Cl)c1. The normalized spacial score (nSPS) is 11.7. The molecule has 0 radical (unpaired) electrons. The van der Waals surface area contributed by atoms with Gasteiger partial charge in [0.1, 0.15) is 0 Å². The van der Waals surface area contributed by atoms with Crippen LogP contribution >= 0.6 is 50.9 Å². The van der Waals surface area contributed by atoms with E-state index in [2.05, 4.69) is 21.1 Å². The summed E-state index contributed by atoms with van der Waals surface area (Å²) in [5, 5.41) is 12.9. The predicted octanol–water partition coefficient (Wildman–Crippen LogP) is 5.00. The lowest BCUT2D eigenvalue weighted by Gasteiger charge is -2.10. The van der Waals surface area contributed by atoms with Crippen molar-refractivity contribution in [3.63, 3.8) is 0 Å². The highest BCUT2D eigenvalue weighted by atomic mass is 79.9. The molecule has 0 aliphatic heterocycles. The standard InChI is InChI=1S/C13H9BrCl2N2OS/c14-8-2-1-3-11(12(8)13(17)18-19)20-7-4-5-9(15)10(16)6-7/h1-6,19H,(H2,17,18). The molecule has 0 amide bonds. The molecule has 0 unspecified atom stereocenters. The van der Waals surface area contributed by atoms with E-state index in [1.165, 1.54) is 11.8 Å². The number of amidine groups is 1. The highest BCUT2D eigenvalue weighted by molar-refractivity contribution is 9.10. The molecule has 2 aromatic rings. The number of nitrogens with two attached hydrogens (primary N) is 1. The fourth-order valence-electron chi connectivity index (χ4n) is 1.56. The van der Waals surface area contributed by atoms with E-state index >= 15 is 0 Å². The molecule has 0 atom stereocenters. The van der Waals surface area contributed by atoms with Gasteiger partial charge in [-0.05, 0) is 46.3 Å². The Bertz CT molecular complexity index is 679. The molecule has 0 aromatic heterocycles. The second kappa shape index (κ2) is 6.72. The first-order valence-electron chi connectivity index (χ1n) is 5.42. The number of hydrogen-bond donors (Lipinski definition) is 2. The molecule has 0 fully saturated rings. The van der Waals surface area contributed by atoms with E-state index in [-0.39, 0.29) is 5.84 Å². The topological polar surface area (TPSA) is 58.6 Å². The van der Waals surface area contributed by atoms with E-state index in [0.29, 0.717) is 15.6 Å². The van der Waals surface area contributed by atoms with E-state index in [1.807, 2.05) is 24.3 Å². The van der Waals surface area contributed by atoms with Gasteiger partial charge in [0.05, 0.1) is 10.0 Å². The third-order valence-corrected chi connectivity index (χ3v) is 4.91. The molecule has 7 heteroatoms. The lowest BCUT2D eigenvalue weighted by atomic mass is 10.2. The van der Waals surface area contributed by atoms with Crippen LogP contribution in [0.1, 0.15) is 5.56 Å². The van der Waals surface area contributed by atoms with Gasteiger partial charge in [-0.3, -0.25) is 0 Å². The van der Waals surface area contributed by atoms with Crippen molar-refractivity contribution in [3.05, 3.63) is 56.5 Å². The molecule has 3 nitrogen and oxygen atoms in total. The minimum absolute atomic E-state index is 0.0417. The van der Waals surface area contributed by atoms with Crippen LogP contribution in [-0.4, -0.2) is 11.0 Å². The Morgan fingerprint density at radius 2 is 1.95 bits per heavy atom. The summed E-state index contributed by atoms with van der Waals surface area (Å²) in [5.41, 5.74) is 6.34. The van der Waals surface area contributed by atoms with E-state index < -0.39 is 0 Å². The molecule has 3 N–H and O–H groups in total. The number of benzene rings is 2. The van der Waals surface area contributed by atoms with Crippen LogP contribution in [0.5, 0.6) is 0 Å². The van der Waals surface area contributed by atoms with Gasteiger partial charge in [-0.1, -0.05) is 46.2 Å². The molecule has 0 bridgehead atoms. The van der Waals surface area contributed by atoms with Gasteiger partial charge in [-0.25, -0.2) is 0 Å². The van der Waals surface area contributed by atoms with Gasteiger partial charge in [-0.2, -0.15) is 0 Å². The summed E-state index contributed by atoms with van der Waals surface area (Å²) < 4.78 is 0.748. The summed E-state index contributed by atoms with van der Waals surface area (Å²) >= 11 is 16.7. The van der Waals surface area contributed by atoms with Crippen LogP contribution in [0.4, 0.5) is 0 Å². The molecule has 0 spiro atoms. The Labute approximate surface area is 138 Å². The Morgan fingerprint density at radius 1 is 1.20 bits per heavy atom.